The van der Waals surface area contributed by atoms with Crippen LogP contribution in [-0.2, 0) is 24.8 Å². The first-order valence-corrected chi connectivity index (χ1v) is 7.48. The number of hydrogen-bond donors (Lipinski definition) is 1. The molecule has 18 heavy (non-hydrogen) atoms. The second-order valence-corrected chi connectivity index (χ2v) is 5.12. The van der Waals surface area contributed by atoms with Crippen molar-refractivity contribution in [2.45, 2.75) is 39.7 Å². The van der Waals surface area contributed by atoms with Crippen molar-refractivity contribution in [3.63, 3.8) is 0 Å². The predicted octanol–water partition coefficient (Wildman–Crippen LogP) is 2.65. The lowest BCUT2D eigenvalue weighted by Gasteiger charge is -2.06. The highest BCUT2D eigenvalue weighted by Crippen LogP contribution is 2.21. The van der Waals surface area contributed by atoms with Gasteiger partial charge in [0.1, 0.15) is 0 Å². The Morgan fingerprint density at radius 3 is 2.72 bits per heavy atom. The van der Waals surface area contributed by atoms with Gasteiger partial charge in [-0.1, -0.05) is 20.3 Å². The minimum Gasteiger partial charge on any atom is -0.380 e. The van der Waals surface area contributed by atoms with Crippen LogP contribution in [0, 0.1) is 0 Å². The fourth-order valence-electron chi connectivity index (χ4n) is 1.71. The second-order valence-electron chi connectivity index (χ2n) is 4.33. The Bertz CT molecular complexity index is 352. The Balaban J connectivity index is 2.25. The molecule has 5 heteroatoms. The van der Waals surface area contributed by atoms with E-state index < -0.39 is 0 Å². The van der Waals surface area contributed by atoms with Crippen LogP contribution in [0.3, 0.4) is 0 Å². The molecule has 1 aromatic rings. The van der Waals surface area contributed by atoms with Crippen molar-refractivity contribution in [3.8, 4) is 0 Å². The van der Waals surface area contributed by atoms with Crippen molar-refractivity contribution in [3.05, 3.63) is 15.9 Å². The molecule has 0 spiro atoms. The number of rotatable bonds is 9. The number of nitrogens with one attached hydrogen (secondary N) is 1. The largest absolute Gasteiger partial charge is 0.380 e. The van der Waals surface area contributed by atoms with Gasteiger partial charge >= 0.3 is 0 Å². The summed E-state index contributed by atoms with van der Waals surface area (Å²) in [5.74, 6) is 0. The van der Waals surface area contributed by atoms with Gasteiger partial charge < -0.3 is 10.1 Å². The lowest BCUT2D eigenvalue weighted by molar-refractivity contribution is 0.132. The predicted molar refractivity (Wildman–Crippen MR) is 77.7 cm³/mol. The maximum Gasteiger partial charge on any atom is 0.0767 e. The SMILES string of the molecule is CCCCOCCNCc1c(Br)c(CC)nn1C. The first kappa shape index (κ1) is 15.7. The van der Waals surface area contributed by atoms with Crippen molar-refractivity contribution in [2.75, 3.05) is 19.8 Å². The lowest BCUT2D eigenvalue weighted by atomic mass is 10.3. The maximum absolute atomic E-state index is 5.50. The van der Waals surface area contributed by atoms with E-state index in [1.807, 2.05) is 11.7 Å². The molecule has 0 bridgehead atoms. The number of ether oxygens (including phenoxy) is 1. The highest BCUT2D eigenvalue weighted by Gasteiger charge is 2.11. The Kier molecular flexibility index (Phi) is 7.54. The highest BCUT2D eigenvalue weighted by atomic mass is 79.9. The third-order valence-corrected chi connectivity index (χ3v) is 3.78. The van der Waals surface area contributed by atoms with Crippen LogP contribution in [0.4, 0.5) is 0 Å². The first-order chi connectivity index (χ1) is 8.70. The van der Waals surface area contributed by atoms with E-state index in [0.29, 0.717) is 0 Å². The van der Waals surface area contributed by atoms with E-state index in [9.17, 15) is 0 Å². The highest BCUT2D eigenvalue weighted by molar-refractivity contribution is 9.10. The summed E-state index contributed by atoms with van der Waals surface area (Å²) in [5.41, 5.74) is 2.31. The van der Waals surface area contributed by atoms with Gasteiger partial charge in [0.25, 0.3) is 0 Å². The van der Waals surface area contributed by atoms with E-state index in [1.165, 1.54) is 12.1 Å². The zero-order valence-corrected chi connectivity index (χ0v) is 13.2. The van der Waals surface area contributed by atoms with Gasteiger partial charge in [0, 0.05) is 26.7 Å². The van der Waals surface area contributed by atoms with Crippen LogP contribution < -0.4 is 5.32 Å². The summed E-state index contributed by atoms with van der Waals surface area (Å²) in [6.07, 6.45) is 3.29. The van der Waals surface area contributed by atoms with Gasteiger partial charge in [0.05, 0.1) is 22.5 Å². The summed E-state index contributed by atoms with van der Waals surface area (Å²) in [4.78, 5) is 0. The Morgan fingerprint density at radius 1 is 1.33 bits per heavy atom. The topological polar surface area (TPSA) is 39.1 Å². The van der Waals surface area contributed by atoms with Crippen LogP contribution >= 0.6 is 15.9 Å². The van der Waals surface area contributed by atoms with Crippen molar-refractivity contribution < 1.29 is 4.74 Å². The zero-order valence-electron chi connectivity index (χ0n) is 11.6. The minimum absolute atomic E-state index is 0.774. The summed E-state index contributed by atoms with van der Waals surface area (Å²) in [6.45, 7) is 7.63. The summed E-state index contributed by atoms with van der Waals surface area (Å²) < 4.78 is 8.57. The molecule has 0 aliphatic heterocycles. The van der Waals surface area contributed by atoms with Gasteiger partial charge in [-0.05, 0) is 28.8 Å². The third kappa shape index (κ3) is 4.71. The van der Waals surface area contributed by atoms with E-state index in [0.717, 1.165) is 49.3 Å². The summed E-state index contributed by atoms with van der Waals surface area (Å²) >= 11 is 3.61. The molecule has 0 unspecified atom stereocenters. The van der Waals surface area contributed by atoms with Gasteiger partial charge in [0.15, 0.2) is 0 Å². The maximum atomic E-state index is 5.50. The van der Waals surface area contributed by atoms with Crippen molar-refractivity contribution in [2.24, 2.45) is 7.05 Å². The van der Waals surface area contributed by atoms with Crippen LogP contribution in [0.2, 0.25) is 0 Å². The molecule has 104 valence electrons. The van der Waals surface area contributed by atoms with Crippen LogP contribution in [0.25, 0.3) is 0 Å². The molecule has 0 aliphatic carbocycles. The zero-order chi connectivity index (χ0) is 13.4. The molecule has 1 heterocycles. The summed E-state index contributed by atoms with van der Waals surface area (Å²) in [5, 5.41) is 7.85. The molecular weight excluding hydrogens is 294 g/mol. The molecule has 0 aromatic carbocycles. The van der Waals surface area contributed by atoms with E-state index in [2.05, 4.69) is 40.2 Å². The standard InChI is InChI=1S/C13H24BrN3O/c1-4-6-8-18-9-7-15-10-12-13(14)11(5-2)16-17(12)3/h15H,4-10H2,1-3H3. The molecule has 1 rings (SSSR count). The first-order valence-electron chi connectivity index (χ1n) is 6.69. The second kappa shape index (κ2) is 8.67. The Labute approximate surface area is 118 Å². The van der Waals surface area contributed by atoms with Crippen LogP contribution in [0.15, 0.2) is 4.47 Å². The molecule has 0 saturated carbocycles. The van der Waals surface area contributed by atoms with E-state index in [1.54, 1.807) is 0 Å². The molecule has 4 nitrogen and oxygen atoms in total. The number of halogens is 1. The monoisotopic (exact) mass is 317 g/mol. The Morgan fingerprint density at radius 2 is 2.11 bits per heavy atom. The average Bonchev–Trinajstić information content (AvgIpc) is 2.64. The molecule has 1 N–H and O–H groups in total. The lowest BCUT2D eigenvalue weighted by Crippen LogP contribution is -2.21. The molecule has 1 aromatic heterocycles. The van der Waals surface area contributed by atoms with Gasteiger partial charge in [-0.2, -0.15) is 5.10 Å². The van der Waals surface area contributed by atoms with E-state index in [4.69, 9.17) is 4.74 Å². The van der Waals surface area contributed by atoms with Crippen LogP contribution in [0.5, 0.6) is 0 Å². The molecule has 0 radical (unpaired) electrons. The van der Waals surface area contributed by atoms with Crippen LogP contribution in [0.1, 0.15) is 38.1 Å². The van der Waals surface area contributed by atoms with Crippen molar-refractivity contribution in [1.82, 2.24) is 15.1 Å². The summed E-state index contributed by atoms with van der Waals surface area (Å²) in [6, 6.07) is 0. The quantitative estimate of drug-likeness (QED) is 0.712. The van der Waals surface area contributed by atoms with Gasteiger partial charge in [-0.3, -0.25) is 4.68 Å². The molecule has 0 atom stereocenters. The van der Waals surface area contributed by atoms with Crippen molar-refractivity contribution >= 4 is 15.9 Å². The molecule has 0 saturated heterocycles. The number of aromatic nitrogens is 2. The average molecular weight is 318 g/mol. The normalized spacial score (nSPS) is 11.1. The molecule has 0 fully saturated rings. The summed E-state index contributed by atoms with van der Waals surface area (Å²) in [7, 11) is 1.98. The smallest absolute Gasteiger partial charge is 0.0767 e. The number of nitrogens with zero attached hydrogens (tertiary/aromatic N) is 2. The molecule has 0 amide bonds. The molecular formula is C13H24BrN3O. The third-order valence-electron chi connectivity index (χ3n) is 2.86. The van der Waals surface area contributed by atoms with E-state index in [-0.39, 0.29) is 0 Å². The van der Waals surface area contributed by atoms with Gasteiger partial charge in [0.2, 0.25) is 0 Å². The van der Waals surface area contributed by atoms with Crippen LogP contribution in [-0.4, -0.2) is 29.5 Å². The number of aryl methyl sites for hydroxylation is 2. The van der Waals surface area contributed by atoms with Gasteiger partial charge in [-0.25, -0.2) is 0 Å². The number of hydrogen-bond acceptors (Lipinski definition) is 3. The number of unbranched alkanes of at least 4 members (excludes halogenated alkanes) is 1. The minimum atomic E-state index is 0.774. The van der Waals surface area contributed by atoms with Gasteiger partial charge in [-0.15, -0.1) is 0 Å². The van der Waals surface area contributed by atoms with E-state index >= 15 is 0 Å². The Hall–Kier alpha value is -0.390. The fraction of sp³-hybridized carbons (Fsp3) is 0.769. The fourth-order valence-corrected chi connectivity index (χ4v) is 2.47. The molecule has 0 aliphatic rings. The van der Waals surface area contributed by atoms with Crippen molar-refractivity contribution in [1.29, 1.82) is 0 Å².